The maximum absolute atomic E-state index is 13.0. The molecule has 0 heterocycles. The van der Waals surface area contributed by atoms with Gasteiger partial charge < -0.3 is 11.1 Å². The van der Waals surface area contributed by atoms with Gasteiger partial charge in [-0.15, -0.1) is 12.4 Å². The van der Waals surface area contributed by atoms with Crippen molar-refractivity contribution < 1.29 is 13.6 Å². The number of carbonyl (C=O) groups is 1. The second-order valence-corrected chi connectivity index (χ2v) is 4.62. The van der Waals surface area contributed by atoms with Crippen LogP contribution in [0.5, 0.6) is 0 Å². The van der Waals surface area contributed by atoms with Gasteiger partial charge >= 0.3 is 0 Å². The Hall–Kier alpha value is -1.20. The average molecular weight is 307 g/mol. The molecule has 3 N–H and O–H groups in total. The molecule has 0 aromatic heterocycles. The monoisotopic (exact) mass is 306 g/mol. The minimum absolute atomic E-state index is 0. The van der Waals surface area contributed by atoms with E-state index in [0.717, 1.165) is 12.1 Å². The lowest BCUT2D eigenvalue weighted by Crippen LogP contribution is -2.45. The molecule has 1 rings (SSSR count). The van der Waals surface area contributed by atoms with Gasteiger partial charge in [-0.1, -0.05) is 19.9 Å². The summed E-state index contributed by atoms with van der Waals surface area (Å²) in [5.74, 6) is -1.96. The van der Waals surface area contributed by atoms with Crippen LogP contribution in [0.1, 0.15) is 32.3 Å². The molecule has 6 heteroatoms. The molecule has 0 unspecified atom stereocenters. The van der Waals surface area contributed by atoms with E-state index in [0.29, 0.717) is 18.4 Å². The van der Waals surface area contributed by atoms with Crippen molar-refractivity contribution in [3.05, 3.63) is 35.4 Å². The molecule has 0 bridgehead atoms. The number of halogens is 3. The number of rotatable bonds is 6. The highest BCUT2D eigenvalue weighted by Crippen LogP contribution is 2.25. The number of hydrogen-bond donors (Lipinski definition) is 2. The maximum atomic E-state index is 13.0. The molecule has 114 valence electrons. The molecule has 0 aliphatic carbocycles. The van der Waals surface area contributed by atoms with Gasteiger partial charge in [-0.25, -0.2) is 8.78 Å². The van der Waals surface area contributed by atoms with E-state index in [1.54, 1.807) is 0 Å². The van der Waals surface area contributed by atoms with Gasteiger partial charge in [0.2, 0.25) is 5.91 Å². The zero-order valence-electron chi connectivity index (χ0n) is 11.7. The third-order valence-corrected chi connectivity index (χ3v) is 3.66. The van der Waals surface area contributed by atoms with Crippen molar-refractivity contribution in [2.75, 3.05) is 6.54 Å². The molecular formula is C14H21ClF2N2O. The molecule has 0 aliphatic heterocycles. The van der Waals surface area contributed by atoms with Crippen molar-refractivity contribution in [2.45, 2.75) is 33.2 Å². The lowest BCUT2D eigenvalue weighted by Gasteiger charge is -2.28. The van der Waals surface area contributed by atoms with Crippen molar-refractivity contribution >= 4 is 18.3 Å². The first-order valence-corrected chi connectivity index (χ1v) is 6.41. The SMILES string of the molecule is CCC(CC)(CN)C(=O)NCc1ccc(F)c(F)c1.Cl. The van der Waals surface area contributed by atoms with E-state index in [1.165, 1.54) is 6.07 Å². The molecule has 1 aromatic carbocycles. The predicted octanol–water partition coefficient (Wildman–Crippen LogP) is 2.77. The fraction of sp³-hybridized carbons (Fsp3) is 0.500. The Morgan fingerprint density at radius 2 is 1.85 bits per heavy atom. The Bertz CT molecular complexity index is 443. The van der Waals surface area contributed by atoms with Crippen LogP contribution in [0.2, 0.25) is 0 Å². The second kappa shape index (κ2) is 8.17. The second-order valence-electron chi connectivity index (χ2n) is 4.62. The van der Waals surface area contributed by atoms with Crippen molar-refractivity contribution in [1.82, 2.24) is 5.32 Å². The molecule has 1 aromatic rings. The van der Waals surface area contributed by atoms with Crippen LogP contribution < -0.4 is 11.1 Å². The molecule has 0 radical (unpaired) electrons. The molecule has 20 heavy (non-hydrogen) atoms. The third kappa shape index (κ3) is 4.15. The van der Waals surface area contributed by atoms with E-state index in [9.17, 15) is 13.6 Å². The van der Waals surface area contributed by atoms with E-state index in [1.807, 2.05) is 13.8 Å². The van der Waals surface area contributed by atoms with Gasteiger partial charge in [-0.2, -0.15) is 0 Å². The van der Waals surface area contributed by atoms with Gasteiger partial charge in [0, 0.05) is 13.1 Å². The minimum atomic E-state index is -0.914. The number of benzene rings is 1. The summed E-state index contributed by atoms with van der Waals surface area (Å²) in [6, 6.07) is 3.57. The van der Waals surface area contributed by atoms with Gasteiger partial charge in [0.05, 0.1) is 5.41 Å². The van der Waals surface area contributed by atoms with Gasteiger partial charge in [0.15, 0.2) is 11.6 Å². The maximum Gasteiger partial charge on any atom is 0.227 e. The van der Waals surface area contributed by atoms with Crippen molar-refractivity contribution in [3.63, 3.8) is 0 Å². The third-order valence-electron chi connectivity index (χ3n) is 3.66. The first kappa shape index (κ1) is 18.8. The number of nitrogens with two attached hydrogens (primary N) is 1. The van der Waals surface area contributed by atoms with E-state index in [-0.39, 0.29) is 31.4 Å². The molecule has 0 saturated heterocycles. The molecule has 0 atom stereocenters. The van der Waals surface area contributed by atoms with Crippen LogP contribution in [0.15, 0.2) is 18.2 Å². The minimum Gasteiger partial charge on any atom is -0.352 e. The summed E-state index contributed by atoms with van der Waals surface area (Å²) >= 11 is 0. The number of hydrogen-bond acceptors (Lipinski definition) is 2. The van der Waals surface area contributed by atoms with E-state index in [4.69, 9.17) is 5.73 Å². The summed E-state index contributed by atoms with van der Waals surface area (Å²) in [6.07, 6.45) is 1.28. The summed E-state index contributed by atoms with van der Waals surface area (Å²) in [7, 11) is 0. The highest BCUT2D eigenvalue weighted by Gasteiger charge is 2.32. The van der Waals surface area contributed by atoms with Crippen molar-refractivity contribution in [1.29, 1.82) is 0 Å². The molecule has 3 nitrogen and oxygen atoms in total. The summed E-state index contributed by atoms with van der Waals surface area (Å²) in [5, 5.41) is 2.73. The normalized spacial score (nSPS) is 10.8. The fourth-order valence-corrected chi connectivity index (χ4v) is 1.97. The van der Waals surface area contributed by atoms with Crippen LogP contribution in [-0.4, -0.2) is 12.5 Å². The van der Waals surface area contributed by atoms with Gasteiger partial charge in [-0.05, 0) is 30.5 Å². The highest BCUT2D eigenvalue weighted by atomic mass is 35.5. The van der Waals surface area contributed by atoms with Crippen LogP contribution >= 0.6 is 12.4 Å². The Balaban J connectivity index is 0.00000361. The highest BCUT2D eigenvalue weighted by molar-refractivity contribution is 5.85. The summed E-state index contributed by atoms with van der Waals surface area (Å²) in [6.45, 7) is 4.25. The molecule has 0 saturated carbocycles. The van der Waals surface area contributed by atoms with Gasteiger partial charge in [-0.3, -0.25) is 4.79 Å². The number of carbonyl (C=O) groups excluding carboxylic acids is 1. The van der Waals surface area contributed by atoms with Crippen LogP contribution in [0.25, 0.3) is 0 Å². The lowest BCUT2D eigenvalue weighted by atomic mass is 9.81. The molecular weight excluding hydrogens is 286 g/mol. The van der Waals surface area contributed by atoms with E-state index >= 15 is 0 Å². The van der Waals surface area contributed by atoms with Crippen LogP contribution in [0.3, 0.4) is 0 Å². The summed E-state index contributed by atoms with van der Waals surface area (Å²) in [5.41, 5.74) is 5.61. The zero-order chi connectivity index (χ0) is 14.5. The molecule has 0 spiro atoms. The van der Waals surface area contributed by atoms with Gasteiger partial charge in [0.1, 0.15) is 0 Å². The Kier molecular flexibility index (Phi) is 7.68. The van der Waals surface area contributed by atoms with Crippen molar-refractivity contribution in [2.24, 2.45) is 11.1 Å². The van der Waals surface area contributed by atoms with Crippen LogP contribution in [-0.2, 0) is 11.3 Å². The van der Waals surface area contributed by atoms with Crippen molar-refractivity contribution in [3.8, 4) is 0 Å². The summed E-state index contributed by atoms with van der Waals surface area (Å²) in [4.78, 5) is 12.1. The molecule has 1 amide bonds. The average Bonchev–Trinajstić information content (AvgIpc) is 2.42. The van der Waals surface area contributed by atoms with E-state index in [2.05, 4.69) is 5.32 Å². The van der Waals surface area contributed by atoms with Gasteiger partial charge in [0.25, 0.3) is 0 Å². The topological polar surface area (TPSA) is 55.1 Å². The standard InChI is InChI=1S/C14H20F2N2O.ClH/c1-3-14(4-2,9-17)13(19)18-8-10-5-6-11(15)12(16)7-10;/h5-7H,3-4,8-9,17H2,1-2H3,(H,18,19);1H. The Morgan fingerprint density at radius 1 is 1.25 bits per heavy atom. The lowest BCUT2D eigenvalue weighted by molar-refractivity contribution is -0.131. The van der Waals surface area contributed by atoms with Crippen LogP contribution in [0.4, 0.5) is 8.78 Å². The number of amides is 1. The first-order valence-electron chi connectivity index (χ1n) is 6.41. The Morgan fingerprint density at radius 3 is 2.30 bits per heavy atom. The Labute approximate surface area is 124 Å². The fourth-order valence-electron chi connectivity index (χ4n) is 1.97. The predicted molar refractivity (Wildman–Crippen MR) is 77.5 cm³/mol. The summed E-state index contributed by atoms with van der Waals surface area (Å²) < 4.78 is 25.8. The zero-order valence-corrected chi connectivity index (χ0v) is 12.5. The number of nitrogens with one attached hydrogen (secondary N) is 1. The molecule has 0 aliphatic rings. The quantitative estimate of drug-likeness (QED) is 0.849. The smallest absolute Gasteiger partial charge is 0.227 e. The van der Waals surface area contributed by atoms with Crippen LogP contribution in [0, 0.1) is 17.0 Å². The van der Waals surface area contributed by atoms with E-state index < -0.39 is 17.0 Å². The molecule has 0 fully saturated rings. The first-order chi connectivity index (χ1) is 8.99. The largest absolute Gasteiger partial charge is 0.352 e.